The number of piperazine rings is 1. The monoisotopic (exact) mass is 312 g/mol. The summed E-state index contributed by atoms with van der Waals surface area (Å²) in [4.78, 5) is 8.39. The summed E-state index contributed by atoms with van der Waals surface area (Å²) in [5, 5.41) is 0. The van der Waals surface area contributed by atoms with E-state index in [2.05, 4.69) is 21.6 Å². The molecule has 0 aromatic rings. The molecule has 1 unspecified atom stereocenters. The molecule has 122 valence electrons. The predicted molar refractivity (Wildman–Crippen MR) is 93.8 cm³/mol. The van der Waals surface area contributed by atoms with Gasteiger partial charge in [0.25, 0.3) is 0 Å². The highest BCUT2D eigenvalue weighted by Gasteiger charge is 2.24. The third-order valence-corrected chi connectivity index (χ3v) is 5.16. The molecule has 4 nitrogen and oxygen atoms in total. The average Bonchev–Trinajstić information content (AvgIpc) is 2.99. The van der Waals surface area contributed by atoms with Gasteiger partial charge in [0.15, 0.2) is 0 Å². The Morgan fingerprint density at radius 2 is 1.57 bits per heavy atom. The second-order valence-corrected chi connectivity index (χ2v) is 6.96. The van der Waals surface area contributed by atoms with Crippen molar-refractivity contribution in [1.82, 2.24) is 14.7 Å². The lowest BCUT2D eigenvalue weighted by atomic mass is 10.1. The number of hydrogen-bond donors (Lipinski definition) is 1. The van der Waals surface area contributed by atoms with E-state index in [9.17, 15) is 0 Å². The van der Waals surface area contributed by atoms with E-state index in [1.54, 1.807) is 0 Å². The smallest absolute Gasteiger partial charge is 0.0902 e. The SMILES string of the molecule is CCCC(C(N)=S)N1CCN(CCCN2CCCC2)CC1. The van der Waals surface area contributed by atoms with Crippen LogP contribution in [-0.4, -0.2) is 78.1 Å². The molecule has 2 heterocycles. The number of likely N-dealkylation sites (tertiary alicyclic amines) is 1. The van der Waals surface area contributed by atoms with E-state index in [1.807, 2.05) is 0 Å². The first-order valence-corrected chi connectivity index (χ1v) is 9.09. The molecule has 2 N–H and O–H groups in total. The van der Waals surface area contributed by atoms with Gasteiger partial charge in [-0.15, -0.1) is 0 Å². The lowest BCUT2D eigenvalue weighted by Gasteiger charge is -2.39. The second-order valence-electron chi connectivity index (χ2n) is 6.49. The Balaban J connectivity index is 1.63. The number of rotatable bonds is 8. The van der Waals surface area contributed by atoms with Crippen LogP contribution in [0.5, 0.6) is 0 Å². The molecule has 0 saturated carbocycles. The maximum atomic E-state index is 5.91. The molecule has 0 amide bonds. The molecule has 0 bridgehead atoms. The number of nitrogens with two attached hydrogens (primary N) is 1. The van der Waals surface area contributed by atoms with E-state index in [0.29, 0.717) is 11.0 Å². The van der Waals surface area contributed by atoms with E-state index in [1.165, 1.54) is 58.5 Å². The van der Waals surface area contributed by atoms with Gasteiger partial charge in [0, 0.05) is 26.2 Å². The van der Waals surface area contributed by atoms with Crippen molar-refractivity contribution in [2.24, 2.45) is 5.73 Å². The predicted octanol–water partition coefficient (Wildman–Crippen LogP) is 1.54. The molecule has 5 heteroatoms. The molecule has 0 radical (unpaired) electrons. The Bertz CT molecular complexity index is 309. The maximum absolute atomic E-state index is 5.91. The van der Waals surface area contributed by atoms with Crippen LogP contribution in [0.1, 0.15) is 39.0 Å². The van der Waals surface area contributed by atoms with Crippen molar-refractivity contribution in [3.8, 4) is 0 Å². The fraction of sp³-hybridized carbons (Fsp3) is 0.938. The Kier molecular flexibility index (Phi) is 7.37. The minimum atomic E-state index is 0.316. The third kappa shape index (κ3) is 5.47. The molecule has 2 fully saturated rings. The van der Waals surface area contributed by atoms with E-state index in [-0.39, 0.29) is 0 Å². The molecule has 0 aliphatic carbocycles. The quantitative estimate of drug-likeness (QED) is 0.688. The fourth-order valence-corrected chi connectivity index (χ4v) is 3.87. The maximum Gasteiger partial charge on any atom is 0.0902 e. The van der Waals surface area contributed by atoms with Gasteiger partial charge >= 0.3 is 0 Å². The van der Waals surface area contributed by atoms with Gasteiger partial charge in [0.05, 0.1) is 11.0 Å². The highest BCUT2D eigenvalue weighted by molar-refractivity contribution is 7.80. The molecule has 21 heavy (non-hydrogen) atoms. The Labute approximate surface area is 135 Å². The van der Waals surface area contributed by atoms with Crippen molar-refractivity contribution in [2.75, 3.05) is 52.4 Å². The summed E-state index contributed by atoms with van der Waals surface area (Å²) in [6.45, 7) is 11.9. The van der Waals surface area contributed by atoms with Gasteiger partial charge in [-0.2, -0.15) is 0 Å². The molecule has 2 aliphatic rings. The second kappa shape index (κ2) is 9.03. The first-order chi connectivity index (χ1) is 10.2. The summed E-state index contributed by atoms with van der Waals surface area (Å²) >= 11 is 5.24. The van der Waals surface area contributed by atoms with E-state index < -0.39 is 0 Å². The lowest BCUT2D eigenvalue weighted by molar-refractivity contribution is 0.111. The van der Waals surface area contributed by atoms with Crippen LogP contribution >= 0.6 is 12.2 Å². The van der Waals surface area contributed by atoms with Gasteiger partial charge in [-0.3, -0.25) is 4.90 Å². The number of hydrogen-bond acceptors (Lipinski definition) is 4. The first kappa shape index (κ1) is 17.1. The summed E-state index contributed by atoms with van der Waals surface area (Å²) in [7, 11) is 0. The summed E-state index contributed by atoms with van der Waals surface area (Å²) in [5.74, 6) is 0. The largest absolute Gasteiger partial charge is 0.392 e. The standard InChI is InChI=1S/C16H32N4S/c1-2-6-15(16(17)21)20-13-11-19(12-14-20)10-5-9-18-7-3-4-8-18/h15H,2-14H2,1H3,(H2,17,21). The zero-order chi connectivity index (χ0) is 15.1. The summed E-state index contributed by atoms with van der Waals surface area (Å²) in [5.41, 5.74) is 5.91. The normalized spacial score (nSPS) is 23.5. The van der Waals surface area contributed by atoms with E-state index in [4.69, 9.17) is 18.0 Å². The molecular weight excluding hydrogens is 280 g/mol. The Morgan fingerprint density at radius 1 is 1.00 bits per heavy atom. The van der Waals surface area contributed by atoms with Gasteiger partial charge in [0.1, 0.15) is 0 Å². The van der Waals surface area contributed by atoms with Crippen molar-refractivity contribution in [3.63, 3.8) is 0 Å². The van der Waals surface area contributed by atoms with Gasteiger partial charge in [-0.1, -0.05) is 25.6 Å². The minimum Gasteiger partial charge on any atom is -0.392 e. The van der Waals surface area contributed by atoms with Crippen molar-refractivity contribution in [2.45, 2.75) is 45.1 Å². The molecule has 2 aliphatic heterocycles. The zero-order valence-electron chi connectivity index (χ0n) is 13.6. The van der Waals surface area contributed by atoms with Crippen LogP contribution in [0, 0.1) is 0 Å². The van der Waals surface area contributed by atoms with Crippen LogP contribution in [0.15, 0.2) is 0 Å². The van der Waals surface area contributed by atoms with Crippen LogP contribution in [0.2, 0.25) is 0 Å². The van der Waals surface area contributed by atoms with Gasteiger partial charge in [-0.25, -0.2) is 0 Å². The highest BCUT2D eigenvalue weighted by atomic mass is 32.1. The molecule has 0 aromatic heterocycles. The molecule has 1 atom stereocenters. The topological polar surface area (TPSA) is 35.7 Å². The molecule has 2 rings (SSSR count). The number of nitrogens with zero attached hydrogens (tertiary/aromatic N) is 3. The molecule has 0 spiro atoms. The van der Waals surface area contributed by atoms with Crippen LogP contribution in [0.4, 0.5) is 0 Å². The third-order valence-electron chi connectivity index (χ3n) is 4.89. The Morgan fingerprint density at radius 3 is 2.10 bits per heavy atom. The molecule has 2 saturated heterocycles. The van der Waals surface area contributed by atoms with Crippen LogP contribution in [0.3, 0.4) is 0 Å². The van der Waals surface area contributed by atoms with E-state index >= 15 is 0 Å². The summed E-state index contributed by atoms with van der Waals surface area (Å²) in [6, 6.07) is 0.316. The summed E-state index contributed by atoms with van der Waals surface area (Å²) in [6.07, 6.45) is 6.36. The lowest BCUT2D eigenvalue weighted by Crippen LogP contribution is -2.53. The molecule has 0 aromatic carbocycles. The minimum absolute atomic E-state index is 0.316. The fourth-order valence-electron chi connectivity index (χ4n) is 3.60. The molecular formula is C16H32N4S. The first-order valence-electron chi connectivity index (χ1n) is 8.68. The highest BCUT2D eigenvalue weighted by Crippen LogP contribution is 2.13. The van der Waals surface area contributed by atoms with Crippen LogP contribution in [-0.2, 0) is 0 Å². The van der Waals surface area contributed by atoms with Crippen molar-refractivity contribution >= 4 is 17.2 Å². The van der Waals surface area contributed by atoms with Gasteiger partial charge in [0.2, 0.25) is 0 Å². The van der Waals surface area contributed by atoms with Gasteiger partial charge < -0.3 is 15.5 Å². The Hall–Kier alpha value is -0.230. The van der Waals surface area contributed by atoms with Crippen molar-refractivity contribution < 1.29 is 0 Å². The van der Waals surface area contributed by atoms with E-state index in [0.717, 1.165) is 25.9 Å². The zero-order valence-corrected chi connectivity index (χ0v) is 14.4. The van der Waals surface area contributed by atoms with Crippen molar-refractivity contribution in [1.29, 1.82) is 0 Å². The van der Waals surface area contributed by atoms with Gasteiger partial charge in [-0.05, 0) is 51.9 Å². The number of thiocarbonyl (C=S) groups is 1. The average molecular weight is 313 g/mol. The van der Waals surface area contributed by atoms with Crippen molar-refractivity contribution in [3.05, 3.63) is 0 Å². The summed E-state index contributed by atoms with van der Waals surface area (Å²) < 4.78 is 0. The van der Waals surface area contributed by atoms with Crippen LogP contribution < -0.4 is 5.73 Å². The van der Waals surface area contributed by atoms with Crippen LogP contribution in [0.25, 0.3) is 0 Å².